The van der Waals surface area contributed by atoms with Gasteiger partial charge in [-0.2, -0.15) is 0 Å². The Labute approximate surface area is 73.0 Å². The highest BCUT2D eigenvalue weighted by molar-refractivity contribution is 5.69. The summed E-state index contributed by atoms with van der Waals surface area (Å²) in [6, 6.07) is 0. The molecule has 0 aromatic rings. The van der Waals surface area contributed by atoms with Gasteiger partial charge in [0.2, 0.25) is 0 Å². The van der Waals surface area contributed by atoms with Gasteiger partial charge >= 0.3 is 5.97 Å². The fourth-order valence-corrected chi connectivity index (χ4v) is 0.605. The molecule has 0 heterocycles. The van der Waals surface area contributed by atoms with Crippen molar-refractivity contribution in [3.8, 4) is 12.3 Å². The van der Waals surface area contributed by atoms with E-state index in [0.717, 1.165) is 0 Å². The Balaban J connectivity index is 3.15. The smallest absolute Gasteiger partial charge is 0.306 e. The number of terminal acetylenes is 1. The number of esters is 1. The Morgan fingerprint density at radius 3 is 2.83 bits per heavy atom. The summed E-state index contributed by atoms with van der Waals surface area (Å²) in [6.45, 7) is 3.30. The second-order valence-electron chi connectivity index (χ2n) is 2.12. The summed E-state index contributed by atoms with van der Waals surface area (Å²) in [5.41, 5.74) is 0. The van der Waals surface area contributed by atoms with Gasteiger partial charge in [0.05, 0.1) is 13.0 Å². The molecule has 68 valence electrons. The van der Waals surface area contributed by atoms with Gasteiger partial charge in [-0.3, -0.25) is 4.79 Å². The molecule has 0 fully saturated rings. The van der Waals surface area contributed by atoms with E-state index >= 15 is 0 Å². The van der Waals surface area contributed by atoms with Crippen molar-refractivity contribution < 1.29 is 14.3 Å². The first-order valence-corrected chi connectivity index (χ1v) is 3.98. The number of rotatable bonds is 6. The summed E-state index contributed by atoms with van der Waals surface area (Å²) in [4.78, 5) is 10.8. The van der Waals surface area contributed by atoms with Crippen LogP contribution in [0.5, 0.6) is 0 Å². The minimum absolute atomic E-state index is 0.257. The molecule has 0 N–H and O–H groups in total. The summed E-state index contributed by atoms with van der Waals surface area (Å²) in [5, 5.41) is 0. The lowest BCUT2D eigenvalue weighted by Crippen LogP contribution is -2.09. The van der Waals surface area contributed by atoms with E-state index in [2.05, 4.69) is 5.92 Å². The second-order valence-corrected chi connectivity index (χ2v) is 2.12. The highest BCUT2D eigenvalue weighted by Crippen LogP contribution is 1.90. The third-order valence-electron chi connectivity index (χ3n) is 1.17. The Bertz CT molecular complexity index is 158. The summed E-state index contributed by atoms with van der Waals surface area (Å²) in [7, 11) is 0. The zero-order chi connectivity index (χ0) is 9.23. The van der Waals surface area contributed by atoms with Crippen molar-refractivity contribution >= 4 is 5.97 Å². The molecular formula is C9H14O3. The molecule has 0 rings (SSSR count). The van der Waals surface area contributed by atoms with Crippen molar-refractivity contribution in [2.45, 2.75) is 19.8 Å². The molecule has 0 saturated heterocycles. The molecule has 0 radical (unpaired) electrons. The molecule has 0 atom stereocenters. The minimum Gasteiger partial charge on any atom is -0.463 e. The van der Waals surface area contributed by atoms with Gasteiger partial charge in [0.15, 0.2) is 0 Å². The number of hydrogen-bond donors (Lipinski definition) is 0. The van der Waals surface area contributed by atoms with Gasteiger partial charge in [-0.25, -0.2) is 0 Å². The lowest BCUT2D eigenvalue weighted by atomic mass is 10.3. The van der Waals surface area contributed by atoms with Crippen molar-refractivity contribution in [3.05, 3.63) is 0 Å². The molecule has 0 amide bonds. The highest BCUT2D eigenvalue weighted by Gasteiger charge is 1.99. The standard InChI is InChI=1S/C9H14O3/c1-3-5-6-9(10)12-8-7-11-4-2/h1H,4-8H2,2H3. The van der Waals surface area contributed by atoms with Crippen LogP contribution in [0.2, 0.25) is 0 Å². The van der Waals surface area contributed by atoms with E-state index in [0.29, 0.717) is 32.7 Å². The Hall–Kier alpha value is -1.01. The third-order valence-corrected chi connectivity index (χ3v) is 1.17. The van der Waals surface area contributed by atoms with Gasteiger partial charge in [-0.1, -0.05) is 0 Å². The first kappa shape index (κ1) is 11.0. The van der Waals surface area contributed by atoms with Crippen LogP contribution in [-0.4, -0.2) is 25.8 Å². The Kier molecular flexibility index (Phi) is 7.41. The van der Waals surface area contributed by atoms with E-state index in [9.17, 15) is 4.79 Å². The maximum Gasteiger partial charge on any atom is 0.306 e. The fraction of sp³-hybridized carbons (Fsp3) is 0.667. The molecule has 0 aromatic carbocycles. The van der Waals surface area contributed by atoms with Gasteiger partial charge in [0, 0.05) is 13.0 Å². The van der Waals surface area contributed by atoms with Gasteiger partial charge < -0.3 is 9.47 Å². The van der Waals surface area contributed by atoms with Crippen LogP contribution in [0.15, 0.2) is 0 Å². The van der Waals surface area contributed by atoms with Crippen LogP contribution in [-0.2, 0) is 14.3 Å². The lowest BCUT2D eigenvalue weighted by molar-refractivity contribution is -0.145. The fourth-order valence-electron chi connectivity index (χ4n) is 0.605. The van der Waals surface area contributed by atoms with Crippen LogP contribution in [0.4, 0.5) is 0 Å². The highest BCUT2D eigenvalue weighted by atomic mass is 16.6. The van der Waals surface area contributed by atoms with Crippen molar-refractivity contribution in [3.63, 3.8) is 0 Å². The van der Waals surface area contributed by atoms with Crippen LogP contribution in [0.3, 0.4) is 0 Å². The Morgan fingerprint density at radius 2 is 2.25 bits per heavy atom. The average molecular weight is 170 g/mol. The number of ether oxygens (including phenoxy) is 2. The summed E-state index contributed by atoms with van der Waals surface area (Å²) >= 11 is 0. The van der Waals surface area contributed by atoms with E-state index in [1.54, 1.807) is 0 Å². The van der Waals surface area contributed by atoms with Gasteiger partial charge in [-0.05, 0) is 6.92 Å². The first-order chi connectivity index (χ1) is 5.81. The normalized spacial score (nSPS) is 9.00. The maximum absolute atomic E-state index is 10.8. The zero-order valence-electron chi connectivity index (χ0n) is 7.34. The first-order valence-electron chi connectivity index (χ1n) is 3.98. The minimum atomic E-state index is -0.257. The van der Waals surface area contributed by atoms with Gasteiger partial charge in [-0.15, -0.1) is 12.3 Å². The van der Waals surface area contributed by atoms with Crippen molar-refractivity contribution in [2.75, 3.05) is 19.8 Å². The molecule has 3 heteroatoms. The van der Waals surface area contributed by atoms with Crippen LogP contribution in [0.25, 0.3) is 0 Å². The van der Waals surface area contributed by atoms with Crippen molar-refractivity contribution in [1.29, 1.82) is 0 Å². The summed E-state index contributed by atoms with van der Waals surface area (Å²) in [6.07, 6.45) is 5.70. The molecule has 0 aliphatic heterocycles. The predicted molar refractivity (Wildman–Crippen MR) is 45.5 cm³/mol. The van der Waals surface area contributed by atoms with Crippen molar-refractivity contribution in [1.82, 2.24) is 0 Å². The molecule has 0 spiro atoms. The number of carbonyl (C=O) groups is 1. The maximum atomic E-state index is 10.8. The van der Waals surface area contributed by atoms with Crippen LogP contribution >= 0.6 is 0 Å². The molecular weight excluding hydrogens is 156 g/mol. The van der Waals surface area contributed by atoms with E-state index in [1.165, 1.54) is 0 Å². The van der Waals surface area contributed by atoms with Gasteiger partial charge in [0.1, 0.15) is 6.61 Å². The molecule has 0 aliphatic rings. The molecule has 0 unspecified atom stereocenters. The monoisotopic (exact) mass is 170 g/mol. The Morgan fingerprint density at radius 1 is 1.50 bits per heavy atom. The van der Waals surface area contributed by atoms with E-state index in [1.807, 2.05) is 6.92 Å². The zero-order valence-corrected chi connectivity index (χ0v) is 7.34. The average Bonchev–Trinajstić information content (AvgIpc) is 2.09. The molecule has 12 heavy (non-hydrogen) atoms. The van der Waals surface area contributed by atoms with Crippen LogP contribution in [0, 0.1) is 12.3 Å². The van der Waals surface area contributed by atoms with Crippen molar-refractivity contribution in [2.24, 2.45) is 0 Å². The van der Waals surface area contributed by atoms with E-state index in [4.69, 9.17) is 15.9 Å². The molecule has 0 aliphatic carbocycles. The summed E-state index contributed by atoms with van der Waals surface area (Å²) in [5.74, 6) is 2.11. The quantitative estimate of drug-likeness (QED) is 0.338. The molecule has 3 nitrogen and oxygen atoms in total. The molecule has 0 aromatic heterocycles. The van der Waals surface area contributed by atoms with E-state index < -0.39 is 0 Å². The van der Waals surface area contributed by atoms with Crippen LogP contribution in [0.1, 0.15) is 19.8 Å². The number of carbonyl (C=O) groups excluding carboxylic acids is 1. The SMILES string of the molecule is C#CCCC(=O)OCCOCC. The lowest BCUT2D eigenvalue weighted by Gasteiger charge is -2.02. The topological polar surface area (TPSA) is 35.5 Å². The predicted octanol–water partition coefficient (Wildman–Crippen LogP) is 0.979. The molecule has 0 bridgehead atoms. The van der Waals surface area contributed by atoms with Gasteiger partial charge in [0.25, 0.3) is 0 Å². The largest absolute Gasteiger partial charge is 0.463 e. The second kappa shape index (κ2) is 8.09. The number of hydrogen-bond acceptors (Lipinski definition) is 3. The summed E-state index contributed by atoms with van der Waals surface area (Å²) < 4.78 is 9.76. The van der Waals surface area contributed by atoms with E-state index in [-0.39, 0.29) is 5.97 Å². The third kappa shape index (κ3) is 7.10. The molecule has 0 saturated carbocycles. The van der Waals surface area contributed by atoms with Crippen LogP contribution < -0.4 is 0 Å².